The summed E-state index contributed by atoms with van der Waals surface area (Å²) in [5.41, 5.74) is 0. The number of likely N-dealkylation sites (tertiary alicyclic amines) is 1. The summed E-state index contributed by atoms with van der Waals surface area (Å²) < 4.78 is 21.4. The molecule has 2 saturated heterocycles. The van der Waals surface area contributed by atoms with Crippen molar-refractivity contribution in [2.45, 2.75) is 25.7 Å². The molecule has 114 valence electrons. The predicted molar refractivity (Wildman–Crippen MR) is 68.0 cm³/mol. The molecule has 2 aliphatic rings. The van der Waals surface area contributed by atoms with Gasteiger partial charge in [0.05, 0.1) is 20.3 Å². The van der Waals surface area contributed by atoms with Crippen LogP contribution in [0.4, 0.5) is 4.79 Å². The summed E-state index contributed by atoms with van der Waals surface area (Å²) in [6.07, 6.45) is 0.270. The summed E-state index contributed by atoms with van der Waals surface area (Å²) in [7, 11) is 1.33. The zero-order valence-corrected chi connectivity index (χ0v) is 11.9. The maximum atomic E-state index is 12.3. The van der Waals surface area contributed by atoms with Crippen molar-refractivity contribution < 1.29 is 28.5 Å². The first kappa shape index (κ1) is 15.2. The van der Waals surface area contributed by atoms with Crippen LogP contribution in [0.3, 0.4) is 0 Å². The highest BCUT2D eigenvalue weighted by atomic mass is 16.9. The second-order valence-corrected chi connectivity index (χ2v) is 4.75. The highest BCUT2D eigenvalue weighted by molar-refractivity contribution is 5.83. The second kappa shape index (κ2) is 6.51. The second-order valence-electron chi connectivity index (χ2n) is 4.75. The van der Waals surface area contributed by atoms with Crippen molar-refractivity contribution in [1.82, 2.24) is 4.90 Å². The molecule has 7 nitrogen and oxygen atoms in total. The number of nitrogens with zero attached hydrogens (tertiary/aromatic N) is 1. The lowest BCUT2D eigenvalue weighted by Crippen LogP contribution is -2.46. The van der Waals surface area contributed by atoms with Crippen LogP contribution >= 0.6 is 0 Å². The normalized spacial score (nSPS) is 26.4. The third-order valence-corrected chi connectivity index (χ3v) is 3.60. The molecule has 2 heterocycles. The number of hydrogen-bond acceptors (Lipinski definition) is 6. The van der Waals surface area contributed by atoms with E-state index in [1.165, 1.54) is 12.0 Å². The summed E-state index contributed by atoms with van der Waals surface area (Å²) in [6.45, 7) is 3.81. The molecule has 0 saturated carbocycles. The molecule has 2 rings (SSSR count). The van der Waals surface area contributed by atoms with E-state index in [0.717, 1.165) is 0 Å². The van der Waals surface area contributed by atoms with E-state index >= 15 is 0 Å². The van der Waals surface area contributed by atoms with Gasteiger partial charge in [0, 0.05) is 26.1 Å². The molecule has 2 aliphatic heterocycles. The van der Waals surface area contributed by atoms with Gasteiger partial charge in [0.1, 0.15) is 11.7 Å². The Labute approximate surface area is 118 Å². The lowest BCUT2D eigenvalue weighted by molar-refractivity contribution is -0.350. The van der Waals surface area contributed by atoms with Crippen LogP contribution in [0.15, 0.2) is 0 Å². The molecule has 2 fully saturated rings. The Morgan fingerprint density at radius 2 is 2.10 bits per heavy atom. The van der Waals surface area contributed by atoms with E-state index in [4.69, 9.17) is 18.9 Å². The number of amides is 1. The van der Waals surface area contributed by atoms with E-state index in [0.29, 0.717) is 39.3 Å². The molecule has 0 spiro atoms. The first-order valence-corrected chi connectivity index (χ1v) is 6.90. The topological polar surface area (TPSA) is 74.3 Å². The summed E-state index contributed by atoms with van der Waals surface area (Å²) in [5.74, 6) is -1.80. The molecule has 1 unspecified atom stereocenters. The largest absolute Gasteiger partial charge is 0.453 e. The number of ketones is 1. The molecular formula is C13H21NO6. The maximum absolute atomic E-state index is 12.3. The summed E-state index contributed by atoms with van der Waals surface area (Å²) in [6, 6.07) is 0. The molecule has 20 heavy (non-hydrogen) atoms. The number of Topliss-reactive ketones (excluding diaryl/α,β-unsaturated/α-hetero) is 1. The van der Waals surface area contributed by atoms with Crippen LogP contribution in [0, 0.1) is 5.92 Å². The Hall–Kier alpha value is -1.18. The van der Waals surface area contributed by atoms with Crippen molar-refractivity contribution in [3.8, 4) is 0 Å². The highest BCUT2D eigenvalue weighted by Gasteiger charge is 2.50. The minimum Gasteiger partial charge on any atom is -0.453 e. The average molecular weight is 287 g/mol. The third kappa shape index (κ3) is 2.94. The van der Waals surface area contributed by atoms with Gasteiger partial charge in [-0.25, -0.2) is 4.79 Å². The molecule has 7 heteroatoms. The van der Waals surface area contributed by atoms with E-state index in [1.807, 2.05) is 6.92 Å². The highest BCUT2D eigenvalue weighted by Crippen LogP contribution is 2.34. The van der Waals surface area contributed by atoms with Gasteiger partial charge < -0.3 is 23.8 Å². The van der Waals surface area contributed by atoms with Gasteiger partial charge in [-0.05, 0) is 13.3 Å². The van der Waals surface area contributed by atoms with Crippen molar-refractivity contribution in [3.63, 3.8) is 0 Å². The van der Waals surface area contributed by atoms with E-state index in [9.17, 15) is 9.59 Å². The Balaban J connectivity index is 2.10. The van der Waals surface area contributed by atoms with Crippen LogP contribution in [0.25, 0.3) is 0 Å². The fraction of sp³-hybridized carbons (Fsp3) is 0.846. The zero-order valence-electron chi connectivity index (χ0n) is 11.9. The maximum Gasteiger partial charge on any atom is 0.409 e. The summed E-state index contributed by atoms with van der Waals surface area (Å²) >= 11 is 0. The smallest absolute Gasteiger partial charge is 0.409 e. The standard InChI is InChI=1S/C13H21NO6/c1-3-18-13(19-8-9-20-13)10-4-6-14(12(16)17-2)7-5-11(10)15/h10H,3-9H2,1-2H3. The van der Waals surface area contributed by atoms with Crippen LogP contribution in [0.1, 0.15) is 19.8 Å². The lowest BCUT2D eigenvalue weighted by atomic mass is 9.96. The van der Waals surface area contributed by atoms with Crippen LogP contribution in [-0.4, -0.2) is 62.8 Å². The first-order chi connectivity index (χ1) is 9.63. The van der Waals surface area contributed by atoms with Gasteiger partial charge in [0.25, 0.3) is 5.97 Å². The van der Waals surface area contributed by atoms with Gasteiger partial charge in [-0.2, -0.15) is 0 Å². The Morgan fingerprint density at radius 3 is 2.70 bits per heavy atom. The van der Waals surface area contributed by atoms with E-state index in [1.54, 1.807) is 0 Å². The van der Waals surface area contributed by atoms with E-state index in [2.05, 4.69) is 0 Å². The van der Waals surface area contributed by atoms with Gasteiger partial charge in [-0.1, -0.05) is 0 Å². The molecular weight excluding hydrogens is 266 g/mol. The van der Waals surface area contributed by atoms with Crippen LogP contribution in [0.5, 0.6) is 0 Å². The SMILES string of the molecule is CCOC1(C2CCN(C(=O)OC)CCC2=O)OCCO1. The molecule has 0 bridgehead atoms. The number of ether oxygens (including phenoxy) is 4. The number of rotatable bonds is 3. The Morgan fingerprint density at radius 1 is 1.40 bits per heavy atom. The Kier molecular flexibility index (Phi) is 4.95. The summed E-state index contributed by atoms with van der Waals surface area (Å²) in [5, 5.41) is 0. The Bertz CT molecular complexity index is 366. The fourth-order valence-corrected chi connectivity index (χ4v) is 2.66. The number of hydrogen-bond donors (Lipinski definition) is 0. The molecule has 0 aromatic heterocycles. The van der Waals surface area contributed by atoms with Gasteiger partial charge in [-0.3, -0.25) is 4.79 Å². The van der Waals surface area contributed by atoms with Gasteiger partial charge in [0.15, 0.2) is 0 Å². The number of carbonyl (C=O) groups excluding carboxylic acids is 2. The van der Waals surface area contributed by atoms with Gasteiger partial charge >= 0.3 is 6.09 Å². The first-order valence-electron chi connectivity index (χ1n) is 6.90. The quantitative estimate of drug-likeness (QED) is 0.763. The molecule has 0 aromatic carbocycles. The van der Waals surface area contributed by atoms with Crippen molar-refractivity contribution in [1.29, 1.82) is 0 Å². The lowest BCUT2D eigenvalue weighted by Gasteiger charge is -2.33. The minimum absolute atomic E-state index is 0.00764. The molecule has 1 amide bonds. The van der Waals surface area contributed by atoms with Crippen molar-refractivity contribution in [2.24, 2.45) is 5.92 Å². The monoisotopic (exact) mass is 287 g/mol. The zero-order chi connectivity index (χ0) is 14.6. The molecule has 0 aliphatic carbocycles. The van der Waals surface area contributed by atoms with Gasteiger partial charge in [0.2, 0.25) is 0 Å². The fourth-order valence-electron chi connectivity index (χ4n) is 2.66. The average Bonchev–Trinajstić information content (AvgIpc) is 2.82. The van der Waals surface area contributed by atoms with Crippen molar-refractivity contribution >= 4 is 11.9 Å². The number of carbonyl (C=O) groups is 2. The third-order valence-electron chi connectivity index (χ3n) is 3.60. The molecule has 1 atom stereocenters. The summed E-state index contributed by atoms with van der Waals surface area (Å²) in [4.78, 5) is 25.4. The minimum atomic E-state index is -1.28. The molecule has 0 radical (unpaired) electrons. The van der Waals surface area contributed by atoms with Crippen molar-refractivity contribution in [2.75, 3.05) is 40.0 Å². The molecule has 0 aromatic rings. The van der Waals surface area contributed by atoms with E-state index in [-0.39, 0.29) is 12.2 Å². The molecule has 0 N–H and O–H groups in total. The van der Waals surface area contributed by atoms with Crippen LogP contribution in [0.2, 0.25) is 0 Å². The van der Waals surface area contributed by atoms with E-state index < -0.39 is 18.0 Å². The van der Waals surface area contributed by atoms with Crippen LogP contribution < -0.4 is 0 Å². The van der Waals surface area contributed by atoms with Crippen LogP contribution in [-0.2, 0) is 23.7 Å². The predicted octanol–water partition coefficient (Wildman–Crippen LogP) is 0.771. The van der Waals surface area contributed by atoms with Gasteiger partial charge in [-0.15, -0.1) is 0 Å². The number of methoxy groups -OCH3 is 1. The van der Waals surface area contributed by atoms with Crippen molar-refractivity contribution in [3.05, 3.63) is 0 Å².